The molecule has 2 aromatic rings. The minimum Gasteiger partial charge on any atom is -0.456 e. The van der Waals surface area contributed by atoms with Gasteiger partial charge in [-0.2, -0.15) is 0 Å². The van der Waals surface area contributed by atoms with Crippen LogP contribution < -0.4 is 27.0 Å². The van der Waals surface area contributed by atoms with Gasteiger partial charge in [0, 0.05) is 83.4 Å². The molecule has 508 valence electrons. The maximum absolute atomic E-state index is 14.4. The van der Waals surface area contributed by atoms with Crippen molar-refractivity contribution in [2.24, 2.45) is 29.4 Å². The summed E-state index contributed by atoms with van der Waals surface area (Å²) in [4.78, 5) is 140. The van der Waals surface area contributed by atoms with Crippen molar-refractivity contribution < 1.29 is 66.9 Å². The van der Waals surface area contributed by atoms with E-state index in [4.69, 9.17) is 36.3 Å². The van der Waals surface area contributed by atoms with Gasteiger partial charge in [-0.3, -0.25) is 24.0 Å². The molecule has 0 bridgehead atoms. The molecular formula is C67H104ClN9O14. The molecule has 24 heteroatoms. The summed E-state index contributed by atoms with van der Waals surface area (Å²) in [5.74, 6) is -6.16. The molecule has 91 heavy (non-hydrogen) atoms. The Balaban J connectivity index is 0.00000379. The SMILES string of the molecule is C/C=C(\C)C1OC(=O)[C@@H](C)NC(=O)[C@H](C(C)CC)NC(=O)CN(C)C(=O)[C@@H](Cc2ccc(Cl)cc2)N(C)C(=O)[C@H](C)NC(=O)[C@@H](CC(C)C)OC(=O)/C(C)=C/C[C@H](OC(=O)N(C)CCCCCCN(C)C(=O)OCc2ccc(NC)cc2)[C@@H]1C.CC(C)[C@H](N)C=O. The van der Waals surface area contributed by atoms with Crippen LogP contribution in [0.3, 0.4) is 0 Å². The van der Waals surface area contributed by atoms with E-state index in [9.17, 15) is 47.9 Å². The molecule has 1 heterocycles. The molecule has 23 nitrogen and oxygen atoms in total. The first-order valence-electron chi connectivity index (χ1n) is 31.4. The minimum absolute atomic E-state index is 0.00334. The zero-order valence-corrected chi connectivity index (χ0v) is 57.5. The Hall–Kier alpha value is -7.53. The number of anilines is 1. The summed E-state index contributed by atoms with van der Waals surface area (Å²) in [7, 11) is 7.91. The van der Waals surface area contributed by atoms with Crippen molar-refractivity contribution in [2.45, 2.75) is 190 Å². The quantitative estimate of drug-likeness (QED) is 0.0276. The fourth-order valence-corrected chi connectivity index (χ4v) is 9.46. The van der Waals surface area contributed by atoms with Crippen LogP contribution in [0, 0.1) is 23.7 Å². The van der Waals surface area contributed by atoms with Gasteiger partial charge in [-0.05, 0) is 113 Å². The molecule has 0 fully saturated rings. The molecule has 10 atom stereocenters. The Morgan fingerprint density at radius 3 is 1.91 bits per heavy atom. The number of benzene rings is 2. The van der Waals surface area contributed by atoms with Gasteiger partial charge in [-0.25, -0.2) is 19.2 Å². The number of nitrogens with zero attached hydrogens (tertiary/aromatic N) is 4. The summed E-state index contributed by atoms with van der Waals surface area (Å²) in [5, 5.41) is 11.6. The number of likely N-dealkylation sites (N-methyl/N-ethyl adjacent to an activating group) is 2. The molecule has 0 aromatic heterocycles. The van der Waals surface area contributed by atoms with Gasteiger partial charge < -0.3 is 70.3 Å². The first-order valence-corrected chi connectivity index (χ1v) is 31.8. The number of allylic oxidation sites excluding steroid dienone is 1. The minimum atomic E-state index is -1.35. The van der Waals surface area contributed by atoms with E-state index in [2.05, 4.69) is 21.3 Å². The van der Waals surface area contributed by atoms with Crippen molar-refractivity contribution in [3.05, 3.63) is 88.0 Å². The lowest BCUT2D eigenvalue weighted by atomic mass is 9.90. The highest BCUT2D eigenvalue weighted by atomic mass is 35.5. The largest absolute Gasteiger partial charge is 0.456 e. The van der Waals surface area contributed by atoms with Gasteiger partial charge in [0.1, 0.15) is 49.3 Å². The monoisotopic (exact) mass is 1290 g/mol. The molecule has 0 aliphatic carbocycles. The van der Waals surface area contributed by atoms with Gasteiger partial charge in [-0.15, -0.1) is 0 Å². The van der Waals surface area contributed by atoms with E-state index in [1.165, 1.54) is 55.6 Å². The standard InChI is InChI=1S/C62H93ClN8O13.C5H11NO/c1-16-39(5)53-56(74)66-44(10)60(78)84-54(40(6)17-2)42(8)50(83-62(80)69(13)33-21-19-18-20-32-68(12)61(79)81-37-46-25-29-48(64-11)30-26-46)31-22-41(7)59(77)82-51(34-38(3)4)55(73)65-43(9)57(75)71(15)49(35-45-23-27-47(63)28-24-45)58(76)70(14)36-52(72)67-53;1-4(2)5(6)3-7/h17,22-30,38-39,42-44,49-51,53-54,64H,16,18-21,31-37H2,1-15H3,(H,65,73)(H,66,74)(H,67,72);3-5H,6H2,1-2H3/b40-17+,41-22+;/t39?,42-,43-,44+,49+,50-,51+,53-,54?;5-/m01/s1. The number of hydrogen-bond donors (Lipinski definition) is 5. The molecule has 2 aromatic carbocycles. The Morgan fingerprint density at radius 1 is 0.813 bits per heavy atom. The van der Waals surface area contributed by atoms with Crippen LogP contribution in [0.1, 0.15) is 139 Å². The van der Waals surface area contributed by atoms with E-state index in [0.29, 0.717) is 48.5 Å². The first kappa shape index (κ1) is 79.6. The topological polar surface area (TPSA) is 295 Å². The number of carbonyl (C=O) groups excluding carboxylic acids is 10. The number of unbranched alkanes of at least 4 members (excludes halogenated alkanes) is 3. The molecule has 0 spiro atoms. The van der Waals surface area contributed by atoms with Gasteiger partial charge in [-0.1, -0.05) is 116 Å². The van der Waals surface area contributed by atoms with Gasteiger partial charge in [0.2, 0.25) is 23.6 Å². The van der Waals surface area contributed by atoms with E-state index >= 15 is 0 Å². The summed E-state index contributed by atoms with van der Waals surface area (Å²) in [6.07, 6.45) is 2.82. The van der Waals surface area contributed by atoms with Crippen LogP contribution in [-0.2, 0) is 70.3 Å². The fourth-order valence-electron chi connectivity index (χ4n) is 9.33. The number of nitrogens with two attached hydrogens (primary N) is 1. The number of amides is 7. The highest BCUT2D eigenvalue weighted by molar-refractivity contribution is 6.30. The Labute approximate surface area is 544 Å². The Bertz CT molecular complexity index is 2760. The molecule has 7 amide bonds. The first-order chi connectivity index (χ1) is 42.8. The molecular weight excluding hydrogens is 1190 g/mol. The second-order valence-corrected chi connectivity index (χ2v) is 24.9. The molecule has 0 saturated carbocycles. The average molecular weight is 1300 g/mol. The number of cyclic esters (lactones) is 2. The number of esters is 2. The van der Waals surface area contributed by atoms with Crippen molar-refractivity contribution in [1.29, 1.82) is 0 Å². The molecule has 0 radical (unpaired) electrons. The van der Waals surface area contributed by atoms with E-state index in [1.807, 2.05) is 65.9 Å². The van der Waals surface area contributed by atoms with Crippen LogP contribution in [0.25, 0.3) is 0 Å². The summed E-state index contributed by atoms with van der Waals surface area (Å²) in [6.45, 7) is 21.2. The molecule has 1 aliphatic heterocycles. The highest BCUT2D eigenvalue weighted by Crippen LogP contribution is 2.27. The molecule has 2 unspecified atom stereocenters. The second-order valence-electron chi connectivity index (χ2n) is 24.4. The predicted octanol–water partition coefficient (Wildman–Crippen LogP) is 8.01. The Kier molecular flexibility index (Phi) is 35.3. The second kappa shape index (κ2) is 40.4. The van der Waals surface area contributed by atoms with Gasteiger partial charge >= 0.3 is 24.1 Å². The van der Waals surface area contributed by atoms with Crippen molar-refractivity contribution in [3.63, 3.8) is 0 Å². The molecule has 0 saturated heterocycles. The maximum atomic E-state index is 14.4. The summed E-state index contributed by atoms with van der Waals surface area (Å²) >= 11 is 6.17. The van der Waals surface area contributed by atoms with Crippen LogP contribution in [0.5, 0.6) is 0 Å². The lowest BCUT2D eigenvalue weighted by Gasteiger charge is -2.33. The lowest BCUT2D eigenvalue weighted by Crippen LogP contribution is -2.57. The summed E-state index contributed by atoms with van der Waals surface area (Å²) < 4.78 is 23.7. The normalized spacial score (nSPS) is 22.8. The predicted molar refractivity (Wildman–Crippen MR) is 351 cm³/mol. The van der Waals surface area contributed by atoms with Crippen molar-refractivity contribution >= 4 is 77.2 Å². The molecule has 6 N–H and O–H groups in total. The maximum Gasteiger partial charge on any atom is 0.409 e. The number of aldehydes is 1. The number of hydrogen-bond acceptors (Lipinski definition) is 16. The third-order valence-electron chi connectivity index (χ3n) is 16.0. The van der Waals surface area contributed by atoms with E-state index < -0.39 is 115 Å². The van der Waals surface area contributed by atoms with Crippen molar-refractivity contribution in [2.75, 3.05) is 60.2 Å². The van der Waals surface area contributed by atoms with Crippen molar-refractivity contribution in [1.82, 2.24) is 35.6 Å². The van der Waals surface area contributed by atoms with E-state index in [0.717, 1.165) is 35.3 Å². The van der Waals surface area contributed by atoms with Crippen LogP contribution in [-0.4, -0.2) is 183 Å². The number of ether oxygens (including phenoxy) is 4. The zero-order valence-electron chi connectivity index (χ0n) is 56.7. The number of rotatable bonds is 20. The average Bonchev–Trinajstić information content (AvgIpc) is 1.09. The van der Waals surface area contributed by atoms with E-state index in [-0.39, 0.29) is 49.3 Å². The Morgan fingerprint density at radius 2 is 1.38 bits per heavy atom. The third-order valence-corrected chi connectivity index (χ3v) is 16.3. The smallest absolute Gasteiger partial charge is 0.409 e. The highest BCUT2D eigenvalue weighted by Gasteiger charge is 2.38. The third kappa shape index (κ3) is 27.5. The van der Waals surface area contributed by atoms with E-state index in [1.54, 1.807) is 72.1 Å². The van der Waals surface area contributed by atoms with Gasteiger partial charge in [0.15, 0.2) is 6.10 Å². The molecule has 3 rings (SSSR count). The number of carbonyl (C=O) groups is 10. The summed E-state index contributed by atoms with van der Waals surface area (Å²) in [6, 6.07) is 9.19. The zero-order chi connectivity index (χ0) is 68.8. The lowest BCUT2D eigenvalue weighted by molar-refractivity contribution is -0.155. The fraction of sp³-hybridized carbons (Fsp3) is 0.612. The van der Waals surface area contributed by atoms with Gasteiger partial charge in [0.05, 0.1) is 12.6 Å². The summed E-state index contributed by atoms with van der Waals surface area (Å²) in [5.41, 5.74) is 8.38. The van der Waals surface area contributed by atoms with Crippen LogP contribution in [0.15, 0.2) is 71.8 Å². The van der Waals surface area contributed by atoms with Crippen LogP contribution >= 0.6 is 11.6 Å². The van der Waals surface area contributed by atoms with Gasteiger partial charge in [0.25, 0.3) is 5.91 Å². The number of nitrogens with one attached hydrogen (secondary N) is 4. The van der Waals surface area contributed by atoms with Crippen LogP contribution in [0.4, 0.5) is 15.3 Å². The van der Waals surface area contributed by atoms with Crippen molar-refractivity contribution in [3.8, 4) is 0 Å². The molecule has 1 aliphatic rings. The van der Waals surface area contributed by atoms with Crippen LogP contribution in [0.2, 0.25) is 5.02 Å². The number of halogens is 1.